The van der Waals surface area contributed by atoms with Crippen LogP contribution in [-0.2, 0) is 6.42 Å². The molecule has 1 aliphatic heterocycles. The highest BCUT2D eigenvalue weighted by Crippen LogP contribution is 2.23. The minimum atomic E-state index is -0.0836. The minimum absolute atomic E-state index is 0.00608. The number of nitrogens with two attached hydrogens (primary N) is 1. The van der Waals surface area contributed by atoms with Gasteiger partial charge in [-0.1, -0.05) is 54.6 Å². The summed E-state index contributed by atoms with van der Waals surface area (Å²) in [7, 11) is 0. The van der Waals surface area contributed by atoms with Gasteiger partial charge in [-0.15, -0.1) is 11.3 Å². The lowest BCUT2D eigenvalue weighted by atomic mass is 9.93. The second-order valence-electron chi connectivity index (χ2n) is 7.99. The Morgan fingerprint density at radius 1 is 1.09 bits per heavy atom. The molecule has 2 aromatic carbocycles. The topological polar surface area (TPSA) is 72.8 Å². The largest absolute Gasteiger partial charge is 0.313 e. The van der Waals surface area contributed by atoms with E-state index in [1.165, 1.54) is 16.9 Å². The molecule has 6 heteroatoms. The quantitative estimate of drug-likeness (QED) is 0.293. The van der Waals surface area contributed by atoms with Gasteiger partial charge < -0.3 is 5.32 Å². The van der Waals surface area contributed by atoms with Gasteiger partial charge in [-0.05, 0) is 54.9 Å². The number of hydrogen-bond donors (Lipinski definition) is 3. The lowest BCUT2D eigenvalue weighted by Crippen LogP contribution is -2.71. The summed E-state index contributed by atoms with van der Waals surface area (Å²) in [5.41, 5.74) is 2.35. The van der Waals surface area contributed by atoms with Gasteiger partial charge >= 0.3 is 0 Å². The summed E-state index contributed by atoms with van der Waals surface area (Å²) in [5.74, 6) is 0.153. The Morgan fingerprint density at radius 2 is 1.84 bits per heavy atom. The number of para-hydroxylation sites is 1. The number of piperidine rings is 1. The van der Waals surface area contributed by atoms with Gasteiger partial charge in [-0.2, -0.15) is 0 Å². The number of carbonyl (C=O) groups excluding carboxylic acids is 1. The number of benzene rings is 2. The number of quaternary nitrogens is 1. The number of carbonyl (C=O) groups is 1. The molecule has 32 heavy (non-hydrogen) atoms. The molecular formula is C26H29N4OS+. The molecule has 1 saturated heterocycles. The van der Waals surface area contributed by atoms with Crippen LogP contribution in [0.1, 0.15) is 28.1 Å². The fraction of sp³-hybridized carbons (Fsp3) is 0.231. The first-order valence-corrected chi connectivity index (χ1v) is 11.9. The van der Waals surface area contributed by atoms with Crippen LogP contribution in [0.5, 0.6) is 0 Å². The molecule has 1 aromatic heterocycles. The van der Waals surface area contributed by atoms with Crippen molar-refractivity contribution in [3.05, 3.63) is 101 Å². The van der Waals surface area contributed by atoms with Crippen LogP contribution in [0.2, 0.25) is 0 Å². The summed E-state index contributed by atoms with van der Waals surface area (Å²) in [6.07, 6.45) is 6.16. The van der Waals surface area contributed by atoms with Crippen molar-refractivity contribution in [3.8, 4) is 0 Å². The summed E-state index contributed by atoms with van der Waals surface area (Å²) in [5, 5.41) is 16.2. The molecule has 1 aliphatic rings. The molecular weight excluding hydrogens is 416 g/mol. The number of hydrogen-bond acceptors (Lipinski definition) is 4. The number of rotatable bonds is 7. The maximum atomic E-state index is 13.4. The third-order valence-electron chi connectivity index (χ3n) is 5.71. The van der Waals surface area contributed by atoms with Crippen LogP contribution in [0, 0.1) is 5.41 Å². The predicted molar refractivity (Wildman–Crippen MR) is 130 cm³/mol. The van der Waals surface area contributed by atoms with Crippen LogP contribution in [0.3, 0.4) is 0 Å². The van der Waals surface area contributed by atoms with Crippen LogP contribution in [0.4, 0.5) is 5.69 Å². The van der Waals surface area contributed by atoms with Gasteiger partial charge in [0.25, 0.3) is 5.91 Å². The van der Waals surface area contributed by atoms with Gasteiger partial charge in [0.15, 0.2) is 0 Å². The molecule has 0 aliphatic carbocycles. The first-order valence-electron chi connectivity index (χ1n) is 11.0. The first-order chi connectivity index (χ1) is 15.7. The molecule has 5 nitrogen and oxygen atoms in total. The summed E-state index contributed by atoms with van der Waals surface area (Å²) in [6, 6.07) is 24.4. The second kappa shape index (κ2) is 11.0. The zero-order valence-electron chi connectivity index (χ0n) is 18.0. The van der Waals surface area contributed by atoms with Crippen molar-refractivity contribution in [2.75, 3.05) is 6.54 Å². The van der Waals surface area contributed by atoms with Crippen LogP contribution in [0.25, 0.3) is 0 Å². The van der Waals surface area contributed by atoms with Crippen molar-refractivity contribution in [3.63, 3.8) is 0 Å². The van der Waals surface area contributed by atoms with Gasteiger partial charge in [-0.25, -0.2) is 0 Å². The molecule has 2 atom stereocenters. The number of amidine groups is 1. The molecule has 1 amide bonds. The van der Waals surface area contributed by atoms with Crippen molar-refractivity contribution in [1.29, 1.82) is 5.41 Å². The van der Waals surface area contributed by atoms with Gasteiger partial charge in [-0.3, -0.25) is 20.4 Å². The number of nitrogens with one attached hydrogen (secondary N) is 2. The SMILES string of the molecule is N=C(/C=C\[NH2+]c1ccccc1)N(C(=O)c1cccs1)C1CCNC(Cc2ccccc2)C1. The molecule has 1 fully saturated rings. The fourth-order valence-electron chi connectivity index (χ4n) is 4.16. The highest BCUT2D eigenvalue weighted by molar-refractivity contribution is 7.12. The Hall–Kier alpha value is -3.06. The first kappa shape index (κ1) is 22.1. The van der Waals surface area contributed by atoms with Crippen molar-refractivity contribution in [2.45, 2.75) is 31.3 Å². The molecule has 4 N–H and O–H groups in total. The molecule has 3 aromatic rings. The number of nitrogens with zero attached hydrogens (tertiary/aromatic N) is 1. The van der Waals surface area contributed by atoms with E-state index in [0.29, 0.717) is 4.88 Å². The average Bonchev–Trinajstić information content (AvgIpc) is 3.36. The van der Waals surface area contributed by atoms with Crippen molar-refractivity contribution < 1.29 is 10.1 Å². The number of amides is 1. The van der Waals surface area contributed by atoms with Crippen molar-refractivity contribution in [2.24, 2.45) is 0 Å². The van der Waals surface area contributed by atoms with E-state index in [1.807, 2.05) is 65.4 Å². The molecule has 0 spiro atoms. The van der Waals surface area contributed by atoms with E-state index in [1.54, 1.807) is 11.0 Å². The monoisotopic (exact) mass is 445 g/mol. The Morgan fingerprint density at radius 3 is 2.56 bits per heavy atom. The van der Waals surface area contributed by atoms with Crippen molar-refractivity contribution in [1.82, 2.24) is 10.2 Å². The molecule has 164 valence electrons. The second-order valence-corrected chi connectivity index (χ2v) is 8.94. The smallest absolute Gasteiger partial charge is 0.269 e. The summed E-state index contributed by atoms with van der Waals surface area (Å²) < 4.78 is 0. The normalized spacial score (nSPS) is 18.5. The van der Waals surface area contributed by atoms with Crippen LogP contribution < -0.4 is 10.6 Å². The van der Waals surface area contributed by atoms with E-state index in [4.69, 9.17) is 5.41 Å². The fourth-order valence-corrected chi connectivity index (χ4v) is 4.82. The van der Waals surface area contributed by atoms with Crippen LogP contribution in [-0.4, -0.2) is 35.3 Å². The summed E-state index contributed by atoms with van der Waals surface area (Å²) in [4.78, 5) is 15.7. The van der Waals surface area contributed by atoms with E-state index in [9.17, 15) is 4.79 Å². The lowest BCUT2D eigenvalue weighted by molar-refractivity contribution is -0.496. The summed E-state index contributed by atoms with van der Waals surface area (Å²) in [6.45, 7) is 0.837. The van der Waals surface area contributed by atoms with Crippen LogP contribution in [0.15, 0.2) is 90.5 Å². The zero-order valence-corrected chi connectivity index (χ0v) is 18.8. The van der Waals surface area contributed by atoms with Gasteiger partial charge in [0.05, 0.1) is 4.88 Å². The highest BCUT2D eigenvalue weighted by atomic mass is 32.1. The molecule has 4 rings (SSSR count). The standard InChI is InChI=1S/C26H28N4OS/c27-25(14-16-28-21-10-5-2-6-11-21)30(26(31)24-12-7-17-32-24)23-13-15-29-22(19-23)18-20-8-3-1-4-9-20/h1-12,14,16-17,22-23,27-29H,13,15,18-19H2/p+1/b16-14-,27-25?. The maximum Gasteiger partial charge on any atom is 0.269 e. The zero-order chi connectivity index (χ0) is 22.2. The molecule has 2 unspecified atom stereocenters. The van der Waals surface area contributed by atoms with Gasteiger partial charge in [0.1, 0.15) is 17.7 Å². The molecule has 0 bridgehead atoms. The van der Waals surface area contributed by atoms with E-state index < -0.39 is 0 Å². The Kier molecular flexibility index (Phi) is 7.61. The molecule has 0 radical (unpaired) electrons. The number of thiophene rings is 1. The third-order valence-corrected chi connectivity index (χ3v) is 6.57. The Bertz CT molecular complexity index is 1030. The third kappa shape index (κ3) is 5.79. The Balaban J connectivity index is 1.49. The van der Waals surface area contributed by atoms with E-state index in [2.05, 4.69) is 29.6 Å². The van der Waals surface area contributed by atoms with Crippen LogP contribution >= 0.6 is 11.3 Å². The van der Waals surface area contributed by atoms with Gasteiger partial charge in [0, 0.05) is 18.2 Å². The maximum absolute atomic E-state index is 13.4. The minimum Gasteiger partial charge on any atom is -0.313 e. The predicted octanol–water partition coefficient (Wildman–Crippen LogP) is 3.94. The summed E-state index contributed by atoms with van der Waals surface area (Å²) >= 11 is 1.43. The van der Waals surface area contributed by atoms with E-state index in [0.717, 1.165) is 31.5 Å². The highest BCUT2D eigenvalue weighted by Gasteiger charge is 2.32. The molecule has 0 saturated carbocycles. The van der Waals surface area contributed by atoms with Gasteiger partial charge in [0.2, 0.25) is 0 Å². The van der Waals surface area contributed by atoms with E-state index in [-0.39, 0.29) is 23.8 Å². The van der Waals surface area contributed by atoms with Crippen molar-refractivity contribution >= 4 is 28.8 Å². The van der Waals surface area contributed by atoms with E-state index >= 15 is 0 Å². The lowest BCUT2D eigenvalue weighted by Gasteiger charge is -2.37. The molecule has 2 heterocycles. The Labute approximate surface area is 193 Å². The average molecular weight is 446 g/mol.